The lowest BCUT2D eigenvalue weighted by atomic mass is 10.2. The molecule has 0 aliphatic rings. The average molecular weight is 264 g/mol. The van der Waals surface area contributed by atoms with Crippen molar-refractivity contribution in [3.63, 3.8) is 0 Å². The number of carbonyl (C=O) groups excluding carboxylic acids is 1. The molecule has 106 valence electrons. The highest BCUT2D eigenvalue weighted by atomic mass is 16.1. The molecule has 0 atom stereocenters. The number of nitrogens with one attached hydrogen (secondary N) is 2. The fourth-order valence-electron chi connectivity index (χ4n) is 1.67. The van der Waals surface area contributed by atoms with Gasteiger partial charge in [-0.05, 0) is 45.6 Å². The topological polar surface area (TPSA) is 57.3 Å². The number of carbonyl (C=O) groups is 1. The van der Waals surface area contributed by atoms with Gasteiger partial charge in [-0.2, -0.15) is 0 Å². The summed E-state index contributed by atoms with van der Waals surface area (Å²) in [6.07, 6.45) is 3.64. The van der Waals surface area contributed by atoms with Crippen LogP contribution in [0.2, 0.25) is 0 Å². The van der Waals surface area contributed by atoms with Crippen molar-refractivity contribution in [3.05, 3.63) is 23.9 Å². The molecule has 0 saturated carbocycles. The van der Waals surface area contributed by atoms with Crippen LogP contribution in [0.1, 0.15) is 30.1 Å². The first-order chi connectivity index (χ1) is 9.15. The zero-order chi connectivity index (χ0) is 14.1. The smallest absolute Gasteiger partial charge is 0.255 e. The van der Waals surface area contributed by atoms with Gasteiger partial charge in [-0.1, -0.05) is 6.92 Å². The van der Waals surface area contributed by atoms with E-state index < -0.39 is 0 Å². The minimum absolute atomic E-state index is 0.0644. The van der Waals surface area contributed by atoms with E-state index in [1.54, 1.807) is 18.3 Å². The predicted octanol–water partition coefficient (Wildman–Crippen LogP) is 1.58. The molecular weight excluding hydrogens is 240 g/mol. The number of nitrogens with zero attached hydrogens (tertiary/aromatic N) is 2. The molecule has 5 nitrogen and oxygen atoms in total. The van der Waals surface area contributed by atoms with Crippen LogP contribution >= 0.6 is 0 Å². The van der Waals surface area contributed by atoms with Crippen LogP contribution in [0.3, 0.4) is 0 Å². The largest absolute Gasteiger partial charge is 0.369 e. The van der Waals surface area contributed by atoms with Crippen molar-refractivity contribution in [3.8, 4) is 0 Å². The van der Waals surface area contributed by atoms with E-state index in [9.17, 15) is 4.79 Å². The maximum absolute atomic E-state index is 12.1. The highest BCUT2D eigenvalue weighted by Gasteiger charge is 2.10. The molecule has 0 saturated heterocycles. The number of aromatic nitrogens is 1. The van der Waals surface area contributed by atoms with Crippen LogP contribution in [0.4, 0.5) is 5.82 Å². The van der Waals surface area contributed by atoms with Gasteiger partial charge in [0.05, 0.1) is 5.56 Å². The quantitative estimate of drug-likeness (QED) is 0.700. The molecule has 5 heteroatoms. The molecule has 0 unspecified atom stereocenters. The van der Waals surface area contributed by atoms with Crippen molar-refractivity contribution in [1.82, 2.24) is 15.2 Å². The van der Waals surface area contributed by atoms with Gasteiger partial charge in [0, 0.05) is 19.3 Å². The Morgan fingerprint density at radius 1 is 1.37 bits per heavy atom. The van der Waals surface area contributed by atoms with Crippen molar-refractivity contribution in [2.45, 2.75) is 19.8 Å². The summed E-state index contributed by atoms with van der Waals surface area (Å²) in [7, 11) is 4.05. The summed E-state index contributed by atoms with van der Waals surface area (Å²) >= 11 is 0. The van der Waals surface area contributed by atoms with Gasteiger partial charge >= 0.3 is 0 Å². The summed E-state index contributed by atoms with van der Waals surface area (Å²) in [5.74, 6) is 0.597. The molecule has 0 radical (unpaired) electrons. The molecule has 0 spiro atoms. The molecule has 1 amide bonds. The summed E-state index contributed by atoms with van der Waals surface area (Å²) in [5.41, 5.74) is 0.612. The third-order valence-electron chi connectivity index (χ3n) is 2.66. The molecule has 0 aromatic carbocycles. The van der Waals surface area contributed by atoms with E-state index in [1.807, 2.05) is 14.1 Å². The van der Waals surface area contributed by atoms with Crippen LogP contribution in [0.25, 0.3) is 0 Å². The van der Waals surface area contributed by atoms with Crippen molar-refractivity contribution in [2.24, 2.45) is 0 Å². The summed E-state index contributed by atoms with van der Waals surface area (Å²) in [6.45, 7) is 4.54. The molecule has 0 aliphatic heterocycles. The Labute approximate surface area is 115 Å². The van der Waals surface area contributed by atoms with Gasteiger partial charge in [0.25, 0.3) is 5.91 Å². The molecule has 1 aromatic rings. The van der Waals surface area contributed by atoms with E-state index >= 15 is 0 Å². The third kappa shape index (κ3) is 5.70. The van der Waals surface area contributed by atoms with Crippen molar-refractivity contribution < 1.29 is 4.79 Å². The van der Waals surface area contributed by atoms with Gasteiger partial charge in [0.15, 0.2) is 0 Å². The van der Waals surface area contributed by atoms with Gasteiger partial charge in [-0.15, -0.1) is 0 Å². The van der Waals surface area contributed by atoms with E-state index in [0.29, 0.717) is 17.9 Å². The Balaban J connectivity index is 2.51. The molecule has 19 heavy (non-hydrogen) atoms. The Morgan fingerprint density at radius 2 is 2.16 bits per heavy atom. The summed E-state index contributed by atoms with van der Waals surface area (Å²) in [6, 6.07) is 3.58. The molecule has 0 fully saturated rings. The number of rotatable bonds is 8. The average Bonchev–Trinajstić information content (AvgIpc) is 2.41. The molecule has 0 aliphatic carbocycles. The van der Waals surface area contributed by atoms with Gasteiger partial charge in [0.1, 0.15) is 5.82 Å². The highest BCUT2D eigenvalue weighted by Crippen LogP contribution is 2.11. The first-order valence-corrected chi connectivity index (χ1v) is 6.77. The summed E-state index contributed by atoms with van der Waals surface area (Å²) in [5, 5.41) is 6.10. The minimum atomic E-state index is -0.0644. The van der Waals surface area contributed by atoms with Crippen LogP contribution in [-0.4, -0.2) is 49.5 Å². The van der Waals surface area contributed by atoms with Gasteiger partial charge in [-0.3, -0.25) is 4.79 Å². The third-order valence-corrected chi connectivity index (χ3v) is 2.66. The number of hydrogen-bond acceptors (Lipinski definition) is 4. The van der Waals surface area contributed by atoms with E-state index in [-0.39, 0.29) is 5.91 Å². The minimum Gasteiger partial charge on any atom is -0.369 e. The van der Waals surface area contributed by atoms with Crippen molar-refractivity contribution >= 4 is 11.7 Å². The van der Waals surface area contributed by atoms with Crippen molar-refractivity contribution in [2.75, 3.05) is 39.0 Å². The molecular formula is C14H24N4O. The molecule has 0 bridgehead atoms. The van der Waals surface area contributed by atoms with Gasteiger partial charge in [0.2, 0.25) is 0 Å². The van der Waals surface area contributed by atoms with E-state index in [4.69, 9.17) is 0 Å². The fraction of sp³-hybridized carbons (Fsp3) is 0.571. The highest BCUT2D eigenvalue weighted by molar-refractivity contribution is 5.98. The zero-order valence-corrected chi connectivity index (χ0v) is 12.1. The Kier molecular flexibility index (Phi) is 6.89. The second-order valence-electron chi connectivity index (χ2n) is 4.74. The summed E-state index contributed by atoms with van der Waals surface area (Å²) < 4.78 is 0. The van der Waals surface area contributed by atoms with E-state index in [2.05, 4.69) is 27.4 Å². The zero-order valence-electron chi connectivity index (χ0n) is 12.1. The fourth-order valence-corrected chi connectivity index (χ4v) is 1.67. The first kappa shape index (κ1) is 15.4. The Morgan fingerprint density at radius 3 is 2.84 bits per heavy atom. The monoisotopic (exact) mass is 264 g/mol. The van der Waals surface area contributed by atoms with E-state index in [0.717, 1.165) is 25.9 Å². The second kappa shape index (κ2) is 8.48. The van der Waals surface area contributed by atoms with Crippen molar-refractivity contribution in [1.29, 1.82) is 0 Å². The lowest BCUT2D eigenvalue weighted by Crippen LogP contribution is -2.28. The second-order valence-corrected chi connectivity index (χ2v) is 4.74. The Hall–Kier alpha value is -1.62. The lowest BCUT2D eigenvalue weighted by Gasteiger charge is -2.12. The predicted molar refractivity (Wildman–Crippen MR) is 78.5 cm³/mol. The molecule has 1 heterocycles. The van der Waals surface area contributed by atoms with Crippen LogP contribution < -0.4 is 10.6 Å². The molecule has 1 rings (SSSR count). The van der Waals surface area contributed by atoms with Gasteiger partial charge < -0.3 is 15.5 Å². The summed E-state index contributed by atoms with van der Waals surface area (Å²) in [4.78, 5) is 18.4. The number of anilines is 1. The van der Waals surface area contributed by atoms with Crippen LogP contribution in [0.5, 0.6) is 0 Å². The van der Waals surface area contributed by atoms with Crippen LogP contribution in [0.15, 0.2) is 18.3 Å². The normalized spacial score (nSPS) is 10.5. The molecule has 2 N–H and O–H groups in total. The number of amides is 1. The number of hydrogen-bond donors (Lipinski definition) is 2. The maximum Gasteiger partial charge on any atom is 0.255 e. The SMILES string of the molecule is CCCNc1ncccc1C(=O)NCCCN(C)C. The van der Waals surface area contributed by atoms with Gasteiger partial charge in [-0.25, -0.2) is 4.98 Å². The molecule has 1 aromatic heterocycles. The first-order valence-electron chi connectivity index (χ1n) is 6.77. The number of pyridine rings is 1. The van der Waals surface area contributed by atoms with Crippen LogP contribution in [0, 0.1) is 0 Å². The van der Waals surface area contributed by atoms with Crippen LogP contribution in [-0.2, 0) is 0 Å². The maximum atomic E-state index is 12.1. The Bertz CT molecular complexity index is 393. The standard InChI is InChI=1S/C14H24N4O/c1-4-8-15-13-12(7-5-9-16-13)14(19)17-10-6-11-18(2)3/h5,7,9H,4,6,8,10-11H2,1-3H3,(H,15,16)(H,17,19). The lowest BCUT2D eigenvalue weighted by molar-refractivity contribution is 0.0953. The van der Waals surface area contributed by atoms with E-state index in [1.165, 1.54) is 0 Å².